The van der Waals surface area contributed by atoms with Crippen molar-refractivity contribution in [2.75, 3.05) is 13.1 Å². The lowest BCUT2D eigenvalue weighted by Gasteiger charge is -2.32. The fourth-order valence-electron chi connectivity index (χ4n) is 3.42. The zero-order valence-corrected chi connectivity index (χ0v) is 12.6. The van der Waals surface area contributed by atoms with E-state index < -0.39 is 0 Å². The lowest BCUT2D eigenvalue weighted by Crippen LogP contribution is -2.37. The third kappa shape index (κ3) is 2.35. The van der Waals surface area contributed by atoms with Gasteiger partial charge in [0.1, 0.15) is 0 Å². The normalized spacial score (nSPS) is 17.7. The highest BCUT2D eigenvalue weighted by atomic mass is 16.2. The molecule has 0 spiro atoms. The van der Waals surface area contributed by atoms with Crippen LogP contribution >= 0.6 is 0 Å². The predicted octanol–water partition coefficient (Wildman–Crippen LogP) is 4.33. The molecular formula is C20H19NO. The van der Waals surface area contributed by atoms with E-state index in [2.05, 4.69) is 24.3 Å². The van der Waals surface area contributed by atoms with Crippen LogP contribution < -0.4 is 0 Å². The summed E-state index contributed by atoms with van der Waals surface area (Å²) in [6, 6.07) is 14.2. The Morgan fingerprint density at radius 2 is 1.68 bits per heavy atom. The molecule has 0 unspecified atom stereocenters. The number of carbonyl (C=O) groups excluding carboxylic acids is 1. The molecule has 2 aromatic rings. The molecule has 1 fully saturated rings. The molecule has 110 valence electrons. The van der Waals surface area contributed by atoms with E-state index in [1.54, 1.807) is 0 Å². The highest BCUT2D eigenvalue weighted by Gasteiger charge is 2.24. The van der Waals surface area contributed by atoms with Crippen LogP contribution in [0.15, 0.2) is 65.8 Å². The Bertz CT molecular complexity index is 800. The number of rotatable bonds is 1. The van der Waals surface area contributed by atoms with Gasteiger partial charge in [0.15, 0.2) is 0 Å². The van der Waals surface area contributed by atoms with Crippen LogP contribution in [0.5, 0.6) is 0 Å². The van der Waals surface area contributed by atoms with E-state index in [1.165, 1.54) is 16.5 Å². The van der Waals surface area contributed by atoms with E-state index in [4.69, 9.17) is 0 Å². The molecule has 0 atom stereocenters. The minimum Gasteiger partial charge on any atom is -0.334 e. The molecular weight excluding hydrogens is 270 g/mol. The third-order valence-electron chi connectivity index (χ3n) is 4.66. The first-order valence-electron chi connectivity index (χ1n) is 7.98. The van der Waals surface area contributed by atoms with Gasteiger partial charge in [-0.2, -0.15) is 0 Å². The van der Waals surface area contributed by atoms with E-state index >= 15 is 0 Å². The molecule has 0 radical (unpaired) electrons. The number of hydrogen-bond donors (Lipinski definition) is 0. The molecule has 2 aliphatic rings. The zero-order valence-electron chi connectivity index (χ0n) is 12.6. The SMILES string of the molecule is O=C(c1ccc2ccccc2c1)N1CCC2=CCCC=C2C1. The molecule has 0 aromatic heterocycles. The van der Waals surface area contributed by atoms with E-state index in [0.717, 1.165) is 43.3 Å². The number of piperidine rings is 1. The van der Waals surface area contributed by atoms with Gasteiger partial charge < -0.3 is 4.90 Å². The summed E-state index contributed by atoms with van der Waals surface area (Å²) in [5, 5.41) is 2.31. The summed E-state index contributed by atoms with van der Waals surface area (Å²) in [6.07, 6.45) is 7.89. The van der Waals surface area contributed by atoms with Crippen LogP contribution in [-0.2, 0) is 0 Å². The second-order valence-corrected chi connectivity index (χ2v) is 6.07. The van der Waals surface area contributed by atoms with Gasteiger partial charge in [0.25, 0.3) is 5.91 Å². The van der Waals surface area contributed by atoms with E-state index in [1.807, 2.05) is 35.2 Å². The average molecular weight is 289 g/mol. The Kier molecular flexibility index (Phi) is 3.30. The van der Waals surface area contributed by atoms with Crippen LogP contribution in [-0.4, -0.2) is 23.9 Å². The van der Waals surface area contributed by atoms with Crippen LogP contribution in [0.25, 0.3) is 10.8 Å². The van der Waals surface area contributed by atoms with Crippen LogP contribution in [0, 0.1) is 0 Å². The molecule has 2 heteroatoms. The van der Waals surface area contributed by atoms with Crippen LogP contribution in [0.4, 0.5) is 0 Å². The Morgan fingerprint density at radius 3 is 2.55 bits per heavy atom. The molecule has 0 bridgehead atoms. The molecule has 22 heavy (non-hydrogen) atoms. The van der Waals surface area contributed by atoms with Gasteiger partial charge in [-0.15, -0.1) is 0 Å². The molecule has 1 amide bonds. The minimum absolute atomic E-state index is 0.149. The number of likely N-dealkylation sites (tertiary alicyclic amines) is 1. The van der Waals surface area contributed by atoms with Crippen molar-refractivity contribution in [1.82, 2.24) is 4.90 Å². The quantitative estimate of drug-likeness (QED) is 0.765. The lowest BCUT2D eigenvalue weighted by atomic mass is 9.91. The number of benzene rings is 2. The molecule has 2 aromatic carbocycles. The van der Waals surface area contributed by atoms with Gasteiger partial charge in [0.05, 0.1) is 0 Å². The highest BCUT2D eigenvalue weighted by molar-refractivity contribution is 5.98. The van der Waals surface area contributed by atoms with Gasteiger partial charge >= 0.3 is 0 Å². The van der Waals surface area contributed by atoms with Gasteiger partial charge in [0, 0.05) is 18.7 Å². The summed E-state index contributed by atoms with van der Waals surface area (Å²) in [5.74, 6) is 0.149. The van der Waals surface area contributed by atoms with Crippen LogP contribution in [0.3, 0.4) is 0 Å². The number of allylic oxidation sites excluding steroid dienone is 2. The molecule has 4 rings (SSSR count). The summed E-state index contributed by atoms with van der Waals surface area (Å²) in [4.78, 5) is 14.8. The van der Waals surface area contributed by atoms with Crippen LogP contribution in [0.2, 0.25) is 0 Å². The molecule has 0 saturated carbocycles. The molecule has 1 saturated heterocycles. The maximum Gasteiger partial charge on any atom is 0.254 e. The smallest absolute Gasteiger partial charge is 0.254 e. The zero-order chi connectivity index (χ0) is 14.9. The van der Waals surface area contributed by atoms with Crippen molar-refractivity contribution in [3.63, 3.8) is 0 Å². The van der Waals surface area contributed by atoms with Crippen molar-refractivity contribution in [1.29, 1.82) is 0 Å². The minimum atomic E-state index is 0.149. The maximum absolute atomic E-state index is 12.8. The van der Waals surface area contributed by atoms with E-state index in [9.17, 15) is 4.79 Å². The molecule has 2 nitrogen and oxygen atoms in total. The molecule has 0 N–H and O–H groups in total. The Balaban J connectivity index is 1.60. The number of hydrogen-bond acceptors (Lipinski definition) is 1. The summed E-state index contributed by atoms with van der Waals surface area (Å²) in [5.41, 5.74) is 3.60. The van der Waals surface area contributed by atoms with Gasteiger partial charge in [-0.3, -0.25) is 4.79 Å². The topological polar surface area (TPSA) is 20.3 Å². The standard InChI is InChI=1S/C20H19NO/c22-20(18-10-9-15-5-1-3-7-17(15)13-18)21-12-11-16-6-2-4-8-19(16)14-21/h1,3,5-10,13H,2,4,11-12,14H2. The fourth-order valence-corrected chi connectivity index (χ4v) is 3.42. The van der Waals surface area contributed by atoms with Crippen molar-refractivity contribution in [3.8, 4) is 0 Å². The summed E-state index contributed by atoms with van der Waals surface area (Å²) >= 11 is 0. The largest absolute Gasteiger partial charge is 0.334 e. The first kappa shape index (κ1) is 13.3. The molecule has 1 heterocycles. The molecule has 1 aliphatic heterocycles. The van der Waals surface area contributed by atoms with Crippen molar-refractivity contribution in [2.45, 2.75) is 19.3 Å². The van der Waals surface area contributed by atoms with E-state index in [-0.39, 0.29) is 5.91 Å². The van der Waals surface area contributed by atoms with Gasteiger partial charge in [-0.25, -0.2) is 0 Å². The van der Waals surface area contributed by atoms with Gasteiger partial charge in [0.2, 0.25) is 0 Å². The second kappa shape index (κ2) is 5.45. The van der Waals surface area contributed by atoms with Crippen molar-refractivity contribution < 1.29 is 4.79 Å². The fraction of sp³-hybridized carbons (Fsp3) is 0.250. The average Bonchev–Trinajstić information content (AvgIpc) is 2.60. The predicted molar refractivity (Wildman–Crippen MR) is 89.9 cm³/mol. The van der Waals surface area contributed by atoms with Crippen LogP contribution in [0.1, 0.15) is 29.6 Å². The first-order chi connectivity index (χ1) is 10.8. The van der Waals surface area contributed by atoms with Crippen molar-refractivity contribution in [2.24, 2.45) is 0 Å². The number of amides is 1. The Labute approximate surface area is 130 Å². The van der Waals surface area contributed by atoms with Gasteiger partial charge in [-0.05, 0) is 53.3 Å². The number of carbonyl (C=O) groups is 1. The van der Waals surface area contributed by atoms with Crippen molar-refractivity contribution in [3.05, 3.63) is 71.3 Å². The van der Waals surface area contributed by atoms with E-state index in [0.29, 0.717) is 0 Å². The highest BCUT2D eigenvalue weighted by Crippen LogP contribution is 2.28. The summed E-state index contributed by atoms with van der Waals surface area (Å²) in [6.45, 7) is 1.59. The Morgan fingerprint density at radius 1 is 0.909 bits per heavy atom. The third-order valence-corrected chi connectivity index (χ3v) is 4.66. The maximum atomic E-state index is 12.8. The lowest BCUT2D eigenvalue weighted by molar-refractivity contribution is 0.0763. The Hall–Kier alpha value is -2.35. The summed E-state index contributed by atoms with van der Waals surface area (Å²) < 4.78 is 0. The second-order valence-electron chi connectivity index (χ2n) is 6.07. The monoisotopic (exact) mass is 289 g/mol. The summed E-state index contributed by atoms with van der Waals surface area (Å²) in [7, 11) is 0. The first-order valence-corrected chi connectivity index (χ1v) is 7.98. The van der Waals surface area contributed by atoms with Crippen molar-refractivity contribution >= 4 is 16.7 Å². The molecule has 1 aliphatic carbocycles. The number of nitrogens with zero attached hydrogens (tertiary/aromatic N) is 1. The number of fused-ring (bicyclic) bond motifs is 2. The van der Waals surface area contributed by atoms with Gasteiger partial charge in [-0.1, -0.05) is 42.5 Å².